The zero-order valence-electron chi connectivity index (χ0n) is 18.2. The number of anilines is 2. The molecule has 1 fully saturated rings. The van der Waals surface area contributed by atoms with E-state index in [0.717, 1.165) is 50.6 Å². The van der Waals surface area contributed by atoms with Crippen molar-refractivity contribution in [3.63, 3.8) is 0 Å². The Morgan fingerprint density at radius 1 is 1.00 bits per heavy atom. The number of aromatic nitrogens is 2. The third-order valence-electron chi connectivity index (χ3n) is 5.68. The third-order valence-corrected chi connectivity index (χ3v) is 5.68. The maximum atomic E-state index is 12.5. The van der Waals surface area contributed by atoms with E-state index in [9.17, 15) is 9.59 Å². The monoisotopic (exact) mass is 419 g/mol. The lowest BCUT2D eigenvalue weighted by atomic mass is 10.1. The molecular weight excluding hydrogens is 390 g/mol. The van der Waals surface area contributed by atoms with Crippen LogP contribution < -0.4 is 10.2 Å². The molecule has 3 aromatic rings. The van der Waals surface area contributed by atoms with Crippen molar-refractivity contribution in [3.05, 3.63) is 54.1 Å². The van der Waals surface area contributed by atoms with Gasteiger partial charge in [0.05, 0.1) is 17.6 Å². The summed E-state index contributed by atoms with van der Waals surface area (Å²) in [5.74, 6) is 1.00. The number of ketones is 1. The maximum absolute atomic E-state index is 12.5. The van der Waals surface area contributed by atoms with Crippen LogP contribution in [-0.2, 0) is 11.3 Å². The Morgan fingerprint density at radius 2 is 1.71 bits per heavy atom. The van der Waals surface area contributed by atoms with Gasteiger partial charge >= 0.3 is 0 Å². The number of piperazine rings is 1. The number of amides is 1. The van der Waals surface area contributed by atoms with Gasteiger partial charge in [-0.2, -0.15) is 0 Å². The van der Waals surface area contributed by atoms with Crippen LogP contribution in [0.3, 0.4) is 0 Å². The first-order valence-electron chi connectivity index (χ1n) is 10.9. The Labute approximate surface area is 182 Å². The number of carbonyl (C=O) groups excluding carboxylic acids is 2. The third kappa shape index (κ3) is 4.77. The van der Waals surface area contributed by atoms with Crippen molar-refractivity contribution in [1.29, 1.82) is 0 Å². The molecule has 1 aliphatic rings. The maximum Gasteiger partial charge on any atom is 0.238 e. The van der Waals surface area contributed by atoms with Crippen LogP contribution in [0, 0.1) is 0 Å². The van der Waals surface area contributed by atoms with Gasteiger partial charge in [0.15, 0.2) is 5.78 Å². The number of aryl methyl sites for hydroxylation is 1. The second-order valence-corrected chi connectivity index (χ2v) is 8.00. The molecule has 0 radical (unpaired) electrons. The SMILES string of the molecule is CCCn1c(N2CCN(CC(=O)Nc3ccc(C(C)=O)cc3)CC2)nc2ccccc21. The molecule has 7 heteroatoms. The van der Waals surface area contributed by atoms with E-state index in [4.69, 9.17) is 4.98 Å². The van der Waals surface area contributed by atoms with Crippen LogP contribution in [-0.4, -0.2) is 58.9 Å². The van der Waals surface area contributed by atoms with Crippen molar-refractivity contribution in [2.24, 2.45) is 0 Å². The summed E-state index contributed by atoms with van der Waals surface area (Å²) in [4.78, 5) is 33.2. The van der Waals surface area contributed by atoms with E-state index in [-0.39, 0.29) is 11.7 Å². The van der Waals surface area contributed by atoms with Gasteiger partial charge in [0.1, 0.15) is 0 Å². The lowest BCUT2D eigenvalue weighted by Gasteiger charge is -2.35. The first-order chi connectivity index (χ1) is 15.0. The second kappa shape index (κ2) is 9.31. The fourth-order valence-electron chi connectivity index (χ4n) is 4.05. The van der Waals surface area contributed by atoms with E-state index in [1.807, 2.05) is 6.07 Å². The zero-order chi connectivity index (χ0) is 21.8. The van der Waals surface area contributed by atoms with Gasteiger partial charge in [-0.1, -0.05) is 19.1 Å². The highest BCUT2D eigenvalue weighted by atomic mass is 16.2. The standard InChI is InChI=1S/C24H29N5O2/c1-3-12-29-22-7-5-4-6-21(22)26-24(29)28-15-13-27(14-16-28)17-23(31)25-20-10-8-19(9-11-20)18(2)30/h4-11H,3,12-17H2,1-2H3,(H,25,31). The topological polar surface area (TPSA) is 70.5 Å². The second-order valence-electron chi connectivity index (χ2n) is 8.00. The Balaban J connectivity index is 1.34. The highest BCUT2D eigenvalue weighted by Gasteiger charge is 2.23. The number of nitrogens with zero attached hydrogens (tertiary/aromatic N) is 4. The molecule has 0 saturated carbocycles. The lowest BCUT2D eigenvalue weighted by Crippen LogP contribution is -2.49. The summed E-state index contributed by atoms with van der Waals surface area (Å²) in [5.41, 5.74) is 3.56. The van der Waals surface area contributed by atoms with Crippen LogP contribution in [0.25, 0.3) is 11.0 Å². The predicted octanol–water partition coefficient (Wildman–Crippen LogP) is 3.41. The number of hydrogen-bond donors (Lipinski definition) is 1. The number of carbonyl (C=O) groups is 2. The predicted molar refractivity (Wildman–Crippen MR) is 124 cm³/mol. The average molecular weight is 420 g/mol. The van der Waals surface area contributed by atoms with Crippen molar-refractivity contribution < 1.29 is 9.59 Å². The quantitative estimate of drug-likeness (QED) is 0.595. The molecule has 0 atom stereocenters. The van der Waals surface area contributed by atoms with Crippen LogP contribution in [0.2, 0.25) is 0 Å². The van der Waals surface area contributed by atoms with Crippen molar-refractivity contribution in [3.8, 4) is 0 Å². The summed E-state index contributed by atoms with van der Waals surface area (Å²) in [6.07, 6.45) is 1.06. The van der Waals surface area contributed by atoms with Crippen molar-refractivity contribution >= 4 is 34.4 Å². The van der Waals surface area contributed by atoms with E-state index in [2.05, 4.69) is 44.8 Å². The molecule has 0 bridgehead atoms. The van der Waals surface area contributed by atoms with E-state index in [1.54, 1.807) is 24.3 Å². The number of fused-ring (bicyclic) bond motifs is 1. The number of rotatable bonds is 7. The van der Waals surface area contributed by atoms with E-state index < -0.39 is 0 Å². The lowest BCUT2D eigenvalue weighted by molar-refractivity contribution is -0.117. The fourth-order valence-corrected chi connectivity index (χ4v) is 4.05. The molecule has 1 saturated heterocycles. The van der Waals surface area contributed by atoms with Crippen LogP contribution in [0.15, 0.2) is 48.5 Å². The summed E-state index contributed by atoms with van der Waals surface area (Å²) >= 11 is 0. The van der Waals surface area contributed by atoms with Crippen LogP contribution in [0.5, 0.6) is 0 Å². The summed E-state index contributed by atoms with van der Waals surface area (Å²) < 4.78 is 2.31. The average Bonchev–Trinajstić information content (AvgIpc) is 3.13. The number of Topliss-reactive ketones (excluding diaryl/α,β-unsaturated/α-hetero) is 1. The zero-order valence-corrected chi connectivity index (χ0v) is 18.2. The van der Waals surface area contributed by atoms with Gasteiger partial charge in [0.2, 0.25) is 11.9 Å². The van der Waals surface area contributed by atoms with Gasteiger partial charge in [-0.05, 0) is 49.7 Å². The van der Waals surface area contributed by atoms with Gasteiger partial charge in [0.25, 0.3) is 0 Å². The van der Waals surface area contributed by atoms with Gasteiger partial charge in [0, 0.05) is 44.0 Å². The van der Waals surface area contributed by atoms with Crippen LogP contribution in [0.1, 0.15) is 30.6 Å². The highest BCUT2D eigenvalue weighted by molar-refractivity contribution is 5.96. The molecule has 0 unspecified atom stereocenters. The molecule has 7 nitrogen and oxygen atoms in total. The molecule has 2 heterocycles. The Morgan fingerprint density at radius 3 is 2.39 bits per heavy atom. The summed E-state index contributed by atoms with van der Waals surface area (Å²) in [7, 11) is 0. The molecule has 162 valence electrons. The molecule has 0 spiro atoms. The van der Waals surface area contributed by atoms with Gasteiger partial charge in [-0.25, -0.2) is 4.98 Å². The van der Waals surface area contributed by atoms with E-state index in [0.29, 0.717) is 17.8 Å². The largest absolute Gasteiger partial charge is 0.340 e. The fraction of sp³-hybridized carbons (Fsp3) is 0.375. The van der Waals surface area contributed by atoms with Gasteiger partial charge in [-0.3, -0.25) is 14.5 Å². The minimum Gasteiger partial charge on any atom is -0.340 e. The molecule has 1 aromatic heterocycles. The molecule has 4 rings (SSSR count). The Kier molecular flexibility index (Phi) is 6.32. The highest BCUT2D eigenvalue weighted by Crippen LogP contribution is 2.24. The first kappa shape index (κ1) is 21.1. The minimum atomic E-state index is -0.0396. The van der Waals surface area contributed by atoms with E-state index >= 15 is 0 Å². The number of hydrogen-bond acceptors (Lipinski definition) is 5. The molecule has 31 heavy (non-hydrogen) atoms. The van der Waals surface area contributed by atoms with Crippen LogP contribution in [0.4, 0.5) is 11.6 Å². The summed E-state index contributed by atoms with van der Waals surface area (Å²) in [6.45, 7) is 8.32. The van der Waals surface area contributed by atoms with Crippen molar-refractivity contribution in [2.75, 3.05) is 42.9 Å². The Bertz CT molecular complexity index is 1070. The first-order valence-corrected chi connectivity index (χ1v) is 10.9. The number of imidazole rings is 1. The van der Waals surface area contributed by atoms with Crippen LogP contribution >= 0.6 is 0 Å². The summed E-state index contributed by atoms with van der Waals surface area (Å²) in [6, 6.07) is 15.3. The number of para-hydroxylation sites is 2. The normalized spacial score (nSPS) is 14.7. The number of nitrogens with one attached hydrogen (secondary N) is 1. The smallest absolute Gasteiger partial charge is 0.238 e. The molecular formula is C24H29N5O2. The Hall–Kier alpha value is -3.19. The number of benzene rings is 2. The van der Waals surface area contributed by atoms with Crippen molar-refractivity contribution in [1.82, 2.24) is 14.5 Å². The van der Waals surface area contributed by atoms with E-state index in [1.165, 1.54) is 12.4 Å². The molecule has 1 amide bonds. The molecule has 0 aliphatic carbocycles. The molecule has 2 aromatic carbocycles. The van der Waals surface area contributed by atoms with Gasteiger partial charge < -0.3 is 14.8 Å². The summed E-state index contributed by atoms with van der Waals surface area (Å²) in [5, 5.41) is 2.92. The molecule has 1 N–H and O–H groups in total. The van der Waals surface area contributed by atoms with Crippen molar-refractivity contribution in [2.45, 2.75) is 26.8 Å². The minimum absolute atomic E-state index is 0.0169. The molecule has 1 aliphatic heterocycles. The van der Waals surface area contributed by atoms with Gasteiger partial charge in [-0.15, -0.1) is 0 Å².